The molecule has 9 heteroatoms. The van der Waals surface area contributed by atoms with Crippen molar-refractivity contribution >= 4 is 21.2 Å². The zero-order valence-corrected chi connectivity index (χ0v) is 15.8. The second kappa shape index (κ2) is 7.89. The van der Waals surface area contributed by atoms with Crippen molar-refractivity contribution in [2.45, 2.75) is 17.7 Å². The van der Waals surface area contributed by atoms with Gasteiger partial charge in [-0.25, -0.2) is 8.42 Å². The van der Waals surface area contributed by atoms with Crippen LogP contribution in [0.25, 0.3) is 0 Å². The highest BCUT2D eigenvalue weighted by Gasteiger charge is 2.28. The Balaban J connectivity index is 1.77. The second-order valence-corrected chi connectivity index (χ2v) is 9.06. The summed E-state index contributed by atoms with van der Waals surface area (Å²) >= 11 is 0. The van der Waals surface area contributed by atoms with E-state index in [4.69, 9.17) is 4.74 Å². The molecule has 0 N–H and O–H groups in total. The lowest BCUT2D eigenvalue weighted by Gasteiger charge is -2.37. The number of nitro groups is 1. The summed E-state index contributed by atoms with van der Waals surface area (Å²) in [5.74, 6) is 0.441. The molecule has 0 bridgehead atoms. The van der Waals surface area contributed by atoms with Crippen LogP contribution in [0.4, 0.5) is 11.4 Å². The molecular formula is C17H25N3O5S. The van der Waals surface area contributed by atoms with Gasteiger partial charge in [-0.05, 0) is 30.9 Å². The van der Waals surface area contributed by atoms with Crippen LogP contribution in [0.15, 0.2) is 23.1 Å². The Bertz CT molecular complexity index is 762. The van der Waals surface area contributed by atoms with E-state index in [1.165, 1.54) is 12.1 Å². The van der Waals surface area contributed by atoms with E-state index in [1.54, 1.807) is 6.07 Å². The van der Waals surface area contributed by atoms with Gasteiger partial charge in [0.2, 0.25) is 0 Å². The molecule has 8 nitrogen and oxygen atoms in total. The third-order valence-electron chi connectivity index (χ3n) is 5.05. The van der Waals surface area contributed by atoms with E-state index in [2.05, 4.69) is 4.90 Å². The van der Waals surface area contributed by atoms with Gasteiger partial charge in [-0.2, -0.15) is 0 Å². The Hall–Kier alpha value is -1.71. The number of anilines is 1. The molecule has 1 aromatic carbocycles. The fourth-order valence-corrected chi connectivity index (χ4v) is 4.37. The number of hydrogen-bond donors (Lipinski definition) is 0. The van der Waals surface area contributed by atoms with Crippen molar-refractivity contribution in [1.82, 2.24) is 4.90 Å². The minimum absolute atomic E-state index is 0.0187. The average molecular weight is 383 g/mol. The first-order valence-corrected chi connectivity index (χ1v) is 10.8. The van der Waals surface area contributed by atoms with E-state index < -0.39 is 14.8 Å². The Morgan fingerprint density at radius 2 is 2.00 bits per heavy atom. The zero-order valence-electron chi connectivity index (χ0n) is 15.0. The third-order valence-corrected chi connectivity index (χ3v) is 6.16. The predicted molar refractivity (Wildman–Crippen MR) is 98.4 cm³/mol. The monoisotopic (exact) mass is 383 g/mol. The molecule has 1 aromatic rings. The van der Waals surface area contributed by atoms with Crippen LogP contribution in [0.3, 0.4) is 0 Å². The summed E-state index contributed by atoms with van der Waals surface area (Å²) in [6, 6.07) is 4.21. The first-order chi connectivity index (χ1) is 12.3. The van der Waals surface area contributed by atoms with Crippen LogP contribution in [0.1, 0.15) is 12.8 Å². The molecule has 26 heavy (non-hydrogen) atoms. The number of piperidine rings is 1. The molecule has 1 unspecified atom stereocenters. The maximum Gasteiger partial charge on any atom is 0.293 e. The lowest BCUT2D eigenvalue weighted by molar-refractivity contribution is -0.384. The molecule has 2 heterocycles. The fraction of sp³-hybridized carbons (Fsp3) is 0.647. The minimum Gasteiger partial charge on any atom is -0.379 e. The van der Waals surface area contributed by atoms with E-state index in [1.807, 2.05) is 4.90 Å². The Morgan fingerprint density at radius 1 is 1.27 bits per heavy atom. The van der Waals surface area contributed by atoms with E-state index in [0.29, 0.717) is 11.6 Å². The molecule has 0 amide bonds. The summed E-state index contributed by atoms with van der Waals surface area (Å²) in [7, 11) is -3.48. The number of nitrogens with zero attached hydrogens (tertiary/aromatic N) is 3. The fourth-order valence-electron chi connectivity index (χ4n) is 3.73. The lowest BCUT2D eigenvalue weighted by atomic mass is 9.96. The van der Waals surface area contributed by atoms with Crippen LogP contribution >= 0.6 is 0 Å². The number of rotatable bonds is 5. The van der Waals surface area contributed by atoms with Crippen LogP contribution in [0, 0.1) is 16.0 Å². The van der Waals surface area contributed by atoms with Gasteiger partial charge >= 0.3 is 0 Å². The van der Waals surface area contributed by atoms with Crippen molar-refractivity contribution in [3.63, 3.8) is 0 Å². The summed E-state index contributed by atoms with van der Waals surface area (Å²) in [6.45, 7) is 5.84. The molecule has 0 spiro atoms. The molecule has 0 radical (unpaired) electrons. The largest absolute Gasteiger partial charge is 0.379 e. The third kappa shape index (κ3) is 4.52. The van der Waals surface area contributed by atoms with Crippen molar-refractivity contribution in [3.8, 4) is 0 Å². The van der Waals surface area contributed by atoms with E-state index in [9.17, 15) is 18.5 Å². The smallest absolute Gasteiger partial charge is 0.293 e. The number of nitro benzene ring substituents is 1. The van der Waals surface area contributed by atoms with Crippen molar-refractivity contribution in [2.75, 3.05) is 57.1 Å². The SMILES string of the molecule is CS(=O)(=O)c1ccc(N2CCCC(CN3CCOCC3)C2)c([N+](=O)[O-])c1. The molecule has 144 valence electrons. The molecule has 0 aliphatic carbocycles. The summed E-state index contributed by atoms with van der Waals surface area (Å²) in [5, 5.41) is 11.5. The molecule has 2 aliphatic heterocycles. The second-order valence-electron chi connectivity index (χ2n) is 7.05. The first-order valence-electron chi connectivity index (χ1n) is 8.88. The van der Waals surface area contributed by atoms with Gasteiger partial charge in [-0.15, -0.1) is 0 Å². The quantitative estimate of drug-likeness (QED) is 0.562. The van der Waals surface area contributed by atoms with Gasteiger partial charge in [0.15, 0.2) is 9.84 Å². The van der Waals surface area contributed by atoms with Gasteiger partial charge in [0.25, 0.3) is 5.69 Å². The average Bonchev–Trinajstić information content (AvgIpc) is 2.61. The van der Waals surface area contributed by atoms with E-state index in [-0.39, 0.29) is 10.6 Å². The minimum atomic E-state index is -3.48. The van der Waals surface area contributed by atoms with Crippen LogP contribution in [-0.4, -0.2) is 70.4 Å². The van der Waals surface area contributed by atoms with Crippen LogP contribution in [-0.2, 0) is 14.6 Å². The lowest BCUT2D eigenvalue weighted by Crippen LogP contribution is -2.44. The van der Waals surface area contributed by atoms with Crippen LogP contribution in [0.5, 0.6) is 0 Å². The van der Waals surface area contributed by atoms with Gasteiger partial charge in [-0.3, -0.25) is 15.0 Å². The van der Waals surface area contributed by atoms with Gasteiger partial charge in [0, 0.05) is 45.0 Å². The Morgan fingerprint density at radius 3 is 2.65 bits per heavy atom. The molecule has 2 saturated heterocycles. The highest BCUT2D eigenvalue weighted by atomic mass is 32.2. The standard InChI is InChI=1S/C17H25N3O5S/c1-26(23,24)15-4-5-16(17(11-15)20(21)22)19-6-2-3-14(13-19)12-18-7-9-25-10-8-18/h4-5,11,14H,2-3,6-10,12-13H2,1H3. The van der Waals surface area contributed by atoms with E-state index >= 15 is 0 Å². The van der Waals surface area contributed by atoms with Gasteiger partial charge in [-0.1, -0.05) is 0 Å². The molecule has 2 aliphatic rings. The highest BCUT2D eigenvalue weighted by Crippen LogP contribution is 2.33. The molecule has 0 aromatic heterocycles. The van der Waals surface area contributed by atoms with Crippen LogP contribution < -0.4 is 4.90 Å². The first kappa shape index (κ1) is 19.1. The van der Waals surface area contributed by atoms with Crippen molar-refractivity contribution in [2.24, 2.45) is 5.92 Å². The maximum absolute atomic E-state index is 11.7. The molecule has 1 atom stereocenters. The molecule has 3 rings (SSSR count). The molecule has 2 fully saturated rings. The van der Waals surface area contributed by atoms with Crippen molar-refractivity contribution in [1.29, 1.82) is 0 Å². The topological polar surface area (TPSA) is 93.0 Å². The number of ether oxygens (including phenoxy) is 1. The molecule has 0 saturated carbocycles. The predicted octanol–water partition coefficient (Wildman–Crippen LogP) is 1.55. The number of morpholine rings is 1. The van der Waals surface area contributed by atoms with Crippen molar-refractivity contribution in [3.05, 3.63) is 28.3 Å². The van der Waals surface area contributed by atoms with Gasteiger partial charge < -0.3 is 9.64 Å². The Labute approximate surface area is 153 Å². The number of hydrogen-bond acceptors (Lipinski definition) is 7. The summed E-state index contributed by atoms with van der Waals surface area (Å²) in [4.78, 5) is 15.4. The zero-order chi connectivity index (χ0) is 18.7. The van der Waals surface area contributed by atoms with Gasteiger partial charge in [0.1, 0.15) is 5.69 Å². The number of sulfone groups is 1. The normalized spacial score (nSPS) is 22.3. The summed E-state index contributed by atoms with van der Waals surface area (Å²) < 4.78 is 28.8. The van der Waals surface area contributed by atoms with Crippen molar-refractivity contribution < 1.29 is 18.1 Å². The van der Waals surface area contributed by atoms with Crippen LogP contribution in [0.2, 0.25) is 0 Å². The Kier molecular flexibility index (Phi) is 5.79. The number of benzene rings is 1. The summed E-state index contributed by atoms with van der Waals surface area (Å²) in [6.07, 6.45) is 3.13. The summed E-state index contributed by atoms with van der Waals surface area (Å²) in [5.41, 5.74) is 0.369. The molecular weight excluding hydrogens is 358 g/mol. The maximum atomic E-state index is 11.7. The van der Waals surface area contributed by atoms with Gasteiger partial charge in [0.05, 0.1) is 23.0 Å². The highest BCUT2D eigenvalue weighted by molar-refractivity contribution is 7.90. The van der Waals surface area contributed by atoms with E-state index in [0.717, 1.165) is 65.0 Å².